The van der Waals surface area contributed by atoms with E-state index in [1.54, 1.807) is 0 Å². The maximum atomic E-state index is 5.93. The van der Waals surface area contributed by atoms with Gasteiger partial charge in [0, 0.05) is 0 Å². The number of ether oxygens (including phenoxy) is 1. The van der Waals surface area contributed by atoms with Gasteiger partial charge in [-0.05, 0) is 32.3 Å². The van der Waals surface area contributed by atoms with Crippen LogP contribution in [0.2, 0.25) is 0 Å². The molecule has 1 heteroatoms. The predicted molar refractivity (Wildman–Crippen MR) is 65.0 cm³/mol. The zero-order valence-electron chi connectivity index (χ0n) is 10.5. The third-order valence-corrected chi connectivity index (χ3v) is 2.49. The minimum atomic E-state index is -0.184. The summed E-state index contributed by atoms with van der Waals surface area (Å²) in [5.41, 5.74) is 2.35. The smallest absolute Gasteiger partial charge is 0.0875 e. The van der Waals surface area contributed by atoms with E-state index in [-0.39, 0.29) is 5.60 Å². The zero-order chi connectivity index (χ0) is 11.5. The molecule has 1 rings (SSSR count). The van der Waals surface area contributed by atoms with Crippen molar-refractivity contribution in [2.24, 2.45) is 5.92 Å². The van der Waals surface area contributed by atoms with Gasteiger partial charge in [0.2, 0.25) is 0 Å². The fourth-order valence-corrected chi connectivity index (χ4v) is 1.48. The Hall–Kier alpha value is -0.820. The SMILES string of the molecule is Cc1cccc(C(C)(C)OCC(C)C)c1. The van der Waals surface area contributed by atoms with Gasteiger partial charge in [-0.3, -0.25) is 0 Å². The Bertz CT molecular complexity index is 313. The topological polar surface area (TPSA) is 9.23 Å². The largest absolute Gasteiger partial charge is 0.371 e. The Labute approximate surface area is 93.5 Å². The molecule has 0 bridgehead atoms. The van der Waals surface area contributed by atoms with E-state index in [1.165, 1.54) is 11.1 Å². The van der Waals surface area contributed by atoms with Crippen LogP contribution in [0.3, 0.4) is 0 Å². The van der Waals surface area contributed by atoms with Crippen molar-refractivity contribution in [2.45, 2.75) is 40.2 Å². The Morgan fingerprint density at radius 3 is 2.47 bits per heavy atom. The minimum absolute atomic E-state index is 0.184. The highest BCUT2D eigenvalue weighted by molar-refractivity contribution is 5.26. The van der Waals surface area contributed by atoms with Crippen LogP contribution in [0.15, 0.2) is 24.3 Å². The van der Waals surface area contributed by atoms with E-state index >= 15 is 0 Å². The Balaban J connectivity index is 2.76. The fourth-order valence-electron chi connectivity index (χ4n) is 1.48. The van der Waals surface area contributed by atoms with Crippen LogP contribution in [0.4, 0.5) is 0 Å². The molecule has 0 N–H and O–H groups in total. The lowest BCUT2D eigenvalue weighted by molar-refractivity contribution is -0.0348. The molecule has 0 atom stereocenters. The van der Waals surface area contributed by atoms with E-state index < -0.39 is 0 Å². The molecule has 84 valence electrons. The van der Waals surface area contributed by atoms with Crippen molar-refractivity contribution in [1.29, 1.82) is 0 Å². The van der Waals surface area contributed by atoms with Crippen LogP contribution >= 0.6 is 0 Å². The molecule has 0 saturated heterocycles. The average molecular weight is 206 g/mol. The third kappa shape index (κ3) is 3.67. The summed E-state index contributed by atoms with van der Waals surface area (Å²) >= 11 is 0. The first-order chi connectivity index (χ1) is 6.92. The molecule has 0 unspecified atom stereocenters. The minimum Gasteiger partial charge on any atom is -0.371 e. The highest BCUT2D eigenvalue weighted by Gasteiger charge is 2.21. The summed E-state index contributed by atoms with van der Waals surface area (Å²) in [6.45, 7) is 11.5. The molecule has 0 heterocycles. The number of hydrogen-bond acceptors (Lipinski definition) is 1. The summed E-state index contributed by atoms with van der Waals surface area (Å²) in [4.78, 5) is 0. The lowest BCUT2D eigenvalue weighted by Gasteiger charge is -2.27. The highest BCUT2D eigenvalue weighted by atomic mass is 16.5. The monoisotopic (exact) mass is 206 g/mol. The highest BCUT2D eigenvalue weighted by Crippen LogP contribution is 2.25. The molecule has 1 aromatic carbocycles. The van der Waals surface area contributed by atoms with Gasteiger partial charge in [0.25, 0.3) is 0 Å². The Kier molecular flexibility index (Phi) is 3.92. The molecule has 0 aliphatic heterocycles. The van der Waals surface area contributed by atoms with Crippen molar-refractivity contribution in [3.63, 3.8) is 0 Å². The van der Waals surface area contributed by atoms with Gasteiger partial charge >= 0.3 is 0 Å². The molecule has 0 aliphatic rings. The molecular formula is C14H22O. The van der Waals surface area contributed by atoms with E-state index in [0.717, 1.165) is 6.61 Å². The summed E-state index contributed by atoms with van der Waals surface area (Å²) in [5.74, 6) is 0.578. The molecule has 0 aromatic heterocycles. The number of benzene rings is 1. The van der Waals surface area contributed by atoms with Gasteiger partial charge in [0.05, 0.1) is 12.2 Å². The van der Waals surface area contributed by atoms with E-state index in [1.807, 2.05) is 0 Å². The second kappa shape index (κ2) is 4.80. The summed E-state index contributed by atoms with van der Waals surface area (Å²) in [5, 5.41) is 0. The van der Waals surface area contributed by atoms with Crippen molar-refractivity contribution < 1.29 is 4.74 Å². The van der Waals surface area contributed by atoms with Gasteiger partial charge in [0.1, 0.15) is 0 Å². The Morgan fingerprint density at radius 2 is 1.93 bits per heavy atom. The van der Waals surface area contributed by atoms with Crippen LogP contribution in [0, 0.1) is 12.8 Å². The molecule has 1 aromatic rings. The zero-order valence-corrected chi connectivity index (χ0v) is 10.5. The van der Waals surface area contributed by atoms with E-state index in [4.69, 9.17) is 4.74 Å². The molecular weight excluding hydrogens is 184 g/mol. The maximum absolute atomic E-state index is 5.93. The van der Waals surface area contributed by atoms with Crippen LogP contribution in [-0.2, 0) is 10.3 Å². The second-order valence-corrected chi connectivity index (χ2v) is 5.08. The van der Waals surface area contributed by atoms with Crippen molar-refractivity contribution >= 4 is 0 Å². The molecule has 1 nitrogen and oxygen atoms in total. The molecule has 0 aliphatic carbocycles. The summed E-state index contributed by atoms with van der Waals surface area (Å²) in [7, 11) is 0. The van der Waals surface area contributed by atoms with Gasteiger partial charge < -0.3 is 4.74 Å². The van der Waals surface area contributed by atoms with Gasteiger partial charge in [-0.1, -0.05) is 43.7 Å². The molecule has 0 saturated carbocycles. The number of aryl methyl sites for hydroxylation is 1. The number of hydrogen-bond donors (Lipinski definition) is 0. The summed E-state index contributed by atoms with van der Waals surface area (Å²) in [6, 6.07) is 8.53. The third-order valence-electron chi connectivity index (χ3n) is 2.49. The maximum Gasteiger partial charge on any atom is 0.0875 e. The van der Waals surface area contributed by atoms with E-state index in [0.29, 0.717) is 5.92 Å². The van der Waals surface area contributed by atoms with Crippen LogP contribution in [-0.4, -0.2) is 6.61 Å². The van der Waals surface area contributed by atoms with Crippen molar-refractivity contribution in [3.8, 4) is 0 Å². The second-order valence-electron chi connectivity index (χ2n) is 5.08. The lowest BCUT2D eigenvalue weighted by atomic mass is 9.96. The molecule has 0 radical (unpaired) electrons. The quantitative estimate of drug-likeness (QED) is 0.726. The summed E-state index contributed by atoms with van der Waals surface area (Å²) in [6.07, 6.45) is 0. The van der Waals surface area contributed by atoms with Gasteiger partial charge in [-0.25, -0.2) is 0 Å². The fraction of sp³-hybridized carbons (Fsp3) is 0.571. The van der Waals surface area contributed by atoms with Gasteiger partial charge in [-0.15, -0.1) is 0 Å². The van der Waals surface area contributed by atoms with Crippen molar-refractivity contribution in [1.82, 2.24) is 0 Å². The van der Waals surface area contributed by atoms with Crippen molar-refractivity contribution in [3.05, 3.63) is 35.4 Å². The molecule has 0 fully saturated rings. The van der Waals surface area contributed by atoms with E-state index in [9.17, 15) is 0 Å². The summed E-state index contributed by atoms with van der Waals surface area (Å²) < 4.78 is 5.93. The first kappa shape index (κ1) is 12.3. The normalized spacial score (nSPS) is 12.1. The number of rotatable bonds is 4. The van der Waals surface area contributed by atoms with E-state index in [2.05, 4.69) is 58.9 Å². The van der Waals surface area contributed by atoms with Crippen LogP contribution in [0.1, 0.15) is 38.8 Å². The van der Waals surface area contributed by atoms with Crippen molar-refractivity contribution in [2.75, 3.05) is 6.61 Å². The predicted octanol–water partition coefficient (Wildman–Crippen LogP) is 3.90. The first-order valence-corrected chi connectivity index (χ1v) is 5.63. The molecule has 15 heavy (non-hydrogen) atoms. The van der Waals surface area contributed by atoms with Crippen LogP contribution in [0.5, 0.6) is 0 Å². The van der Waals surface area contributed by atoms with Gasteiger partial charge in [0.15, 0.2) is 0 Å². The lowest BCUT2D eigenvalue weighted by Crippen LogP contribution is -2.24. The van der Waals surface area contributed by atoms with Gasteiger partial charge in [-0.2, -0.15) is 0 Å². The van der Waals surface area contributed by atoms with Crippen LogP contribution in [0.25, 0.3) is 0 Å². The standard InChI is InChI=1S/C14H22O/c1-11(2)10-15-14(4,5)13-8-6-7-12(3)9-13/h6-9,11H,10H2,1-5H3. The average Bonchev–Trinajstić information content (AvgIpc) is 2.15. The Morgan fingerprint density at radius 1 is 1.27 bits per heavy atom. The molecule has 0 amide bonds. The van der Waals surface area contributed by atoms with Crippen LogP contribution < -0.4 is 0 Å². The molecule has 0 spiro atoms. The first-order valence-electron chi connectivity index (χ1n) is 5.63.